The van der Waals surface area contributed by atoms with Gasteiger partial charge < -0.3 is 5.32 Å². The van der Waals surface area contributed by atoms with E-state index in [1.165, 1.54) is 16.4 Å². The van der Waals surface area contributed by atoms with Gasteiger partial charge in [-0.15, -0.1) is 5.10 Å². The van der Waals surface area contributed by atoms with Gasteiger partial charge in [-0.3, -0.25) is 0 Å². The zero-order valence-corrected chi connectivity index (χ0v) is 12.9. The van der Waals surface area contributed by atoms with Gasteiger partial charge in [0.05, 0.1) is 4.88 Å². The quantitative estimate of drug-likeness (QED) is 0.910. The Labute approximate surface area is 120 Å². The average Bonchev–Trinajstić information content (AvgIpc) is 2.78. The van der Waals surface area contributed by atoms with Crippen LogP contribution in [-0.2, 0) is 6.54 Å². The summed E-state index contributed by atoms with van der Waals surface area (Å²) in [7, 11) is 0. The molecule has 0 unspecified atom stereocenters. The summed E-state index contributed by atoms with van der Waals surface area (Å²) in [5.41, 5.74) is 2.11. The van der Waals surface area contributed by atoms with Crippen molar-refractivity contribution in [2.24, 2.45) is 5.92 Å². The molecular weight excluding hydrogens is 310 g/mol. The third-order valence-corrected chi connectivity index (χ3v) is 3.76. The van der Waals surface area contributed by atoms with Crippen LogP contribution in [0, 0.1) is 5.92 Å². The van der Waals surface area contributed by atoms with Crippen LogP contribution < -0.4 is 5.32 Å². The summed E-state index contributed by atoms with van der Waals surface area (Å²) in [6.45, 7) is 6.25. The van der Waals surface area contributed by atoms with E-state index in [9.17, 15) is 0 Å². The summed E-state index contributed by atoms with van der Waals surface area (Å²) in [6.07, 6.45) is 0. The van der Waals surface area contributed by atoms with Gasteiger partial charge >= 0.3 is 0 Å². The first-order valence-corrected chi connectivity index (χ1v) is 7.51. The van der Waals surface area contributed by atoms with Crippen molar-refractivity contribution in [3.8, 4) is 11.3 Å². The largest absolute Gasteiger partial charge is 0.311 e. The van der Waals surface area contributed by atoms with Crippen molar-refractivity contribution in [2.75, 3.05) is 6.54 Å². The Morgan fingerprint density at radius 1 is 1.28 bits per heavy atom. The average molecular weight is 326 g/mol. The minimum absolute atomic E-state index is 0.655. The van der Waals surface area contributed by atoms with Gasteiger partial charge in [0, 0.05) is 16.6 Å². The Balaban J connectivity index is 2.10. The molecule has 3 nitrogen and oxygen atoms in total. The molecule has 18 heavy (non-hydrogen) atoms. The Kier molecular flexibility index (Phi) is 4.86. The summed E-state index contributed by atoms with van der Waals surface area (Å²) < 4.78 is 5.14. The lowest BCUT2D eigenvalue weighted by molar-refractivity contribution is 0.555. The fraction of sp³-hybridized carbons (Fsp3) is 0.385. The number of hydrogen-bond acceptors (Lipinski definition) is 4. The standard InChI is InChI=1S/C13H16BrN3S/c1-9(2)7-15-8-12-13(16-17-18-12)10-3-5-11(14)6-4-10/h3-6,9,15H,7-8H2,1-2H3. The van der Waals surface area contributed by atoms with Gasteiger partial charge in [0.15, 0.2) is 0 Å². The number of benzene rings is 1. The predicted molar refractivity (Wildman–Crippen MR) is 79.6 cm³/mol. The van der Waals surface area contributed by atoms with Gasteiger partial charge in [-0.2, -0.15) is 0 Å². The molecule has 0 radical (unpaired) electrons. The van der Waals surface area contributed by atoms with Crippen LogP contribution in [-0.4, -0.2) is 16.1 Å². The van der Waals surface area contributed by atoms with Crippen LogP contribution in [0.4, 0.5) is 0 Å². The Bertz CT molecular complexity index is 493. The molecule has 2 rings (SSSR count). The maximum Gasteiger partial charge on any atom is 0.110 e. The molecule has 0 bridgehead atoms. The van der Waals surface area contributed by atoms with Gasteiger partial charge in [-0.1, -0.05) is 46.4 Å². The zero-order chi connectivity index (χ0) is 13.0. The van der Waals surface area contributed by atoms with Gasteiger partial charge in [0.1, 0.15) is 5.69 Å². The van der Waals surface area contributed by atoms with E-state index in [0.29, 0.717) is 5.92 Å². The first-order chi connectivity index (χ1) is 8.66. The van der Waals surface area contributed by atoms with Crippen LogP contribution in [0.15, 0.2) is 28.7 Å². The van der Waals surface area contributed by atoms with E-state index >= 15 is 0 Å². The van der Waals surface area contributed by atoms with Crippen molar-refractivity contribution < 1.29 is 0 Å². The van der Waals surface area contributed by atoms with Crippen molar-refractivity contribution in [3.63, 3.8) is 0 Å². The van der Waals surface area contributed by atoms with Crippen LogP contribution in [0.25, 0.3) is 11.3 Å². The first-order valence-electron chi connectivity index (χ1n) is 5.94. The molecule has 0 fully saturated rings. The van der Waals surface area contributed by atoms with E-state index < -0.39 is 0 Å². The van der Waals surface area contributed by atoms with E-state index in [-0.39, 0.29) is 0 Å². The third kappa shape index (κ3) is 3.60. The molecule has 5 heteroatoms. The van der Waals surface area contributed by atoms with Crippen LogP contribution in [0.5, 0.6) is 0 Å². The monoisotopic (exact) mass is 325 g/mol. The van der Waals surface area contributed by atoms with E-state index in [2.05, 4.69) is 56.8 Å². The number of nitrogens with one attached hydrogen (secondary N) is 1. The predicted octanol–water partition coefficient (Wildman–Crippen LogP) is 3.71. The topological polar surface area (TPSA) is 37.8 Å². The van der Waals surface area contributed by atoms with Crippen molar-refractivity contribution in [3.05, 3.63) is 33.6 Å². The van der Waals surface area contributed by atoms with E-state index in [4.69, 9.17) is 0 Å². The van der Waals surface area contributed by atoms with Crippen LogP contribution in [0.1, 0.15) is 18.7 Å². The third-order valence-electron chi connectivity index (χ3n) is 2.51. The number of hydrogen-bond donors (Lipinski definition) is 1. The second-order valence-corrected chi connectivity index (χ2v) is 6.33. The number of rotatable bonds is 5. The molecule has 1 heterocycles. The highest BCUT2D eigenvalue weighted by Gasteiger charge is 2.10. The second-order valence-electron chi connectivity index (χ2n) is 4.58. The lowest BCUT2D eigenvalue weighted by atomic mass is 10.1. The summed E-state index contributed by atoms with van der Waals surface area (Å²) >= 11 is 4.90. The van der Waals surface area contributed by atoms with Crippen molar-refractivity contribution in [1.82, 2.24) is 14.9 Å². The van der Waals surface area contributed by atoms with Crippen LogP contribution in [0.3, 0.4) is 0 Å². The SMILES string of the molecule is CC(C)CNCc1snnc1-c1ccc(Br)cc1. The maximum atomic E-state index is 4.23. The van der Waals surface area contributed by atoms with Gasteiger partial charge in [0.2, 0.25) is 0 Å². The van der Waals surface area contributed by atoms with Gasteiger partial charge in [-0.25, -0.2) is 0 Å². The minimum Gasteiger partial charge on any atom is -0.311 e. The first kappa shape index (κ1) is 13.6. The van der Waals surface area contributed by atoms with Crippen LogP contribution >= 0.6 is 27.5 Å². The number of nitrogens with zero attached hydrogens (tertiary/aromatic N) is 2. The van der Waals surface area contributed by atoms with Crippen molar-refractivity contribution in [2.45, 2.75) is 20.4 Å². The Morgan fingerprint density at radius 2 is 2.00 bits per heavy atom. The van der Waals surface area contributed by atoms with E-state index in [0.717, 1.165) is 28.8 Å². The zero-order valence-electron chi connectivity index (χ0n) is 10.5. The molecule has 1 aromatic heterocycles. The highest BCUT2D eigenvalue weighted by molar-refractivity contribution is 9.10. The summed E-state index contributed by atoms with van der Waals surface area (Å²) in [4.78, 5) is 1.19. The molecule has 0 amide bonds. The van der Waals surface area contributed by atoms with E-state index in [1.807, 2.05) is 12.1 Å². The van der Waals surface area contributed by atoms with Gasteiger partial charge in [0.25, 0.3) is 0 Å². The molecule has 0 aliphatic carbocycles. The van der Waals surface area contributed by atoms with Gasteiger partial charge in [-0.05, 0) is 36.1 Å². The normalized spacial score (nSPS) is 11.1. The summed E-state index contributed by atoms with van der Waals surface area (Å²) in [6, 6.07) is 8.18. The molecule has 1 aromatic carbocycles. The molecule has 0 atom stereocenters. The molecule has 0 saturated heterocycles. The molecule has 0 saturated carbocycles. The molecule has 1 N–H and O–H groups in total. The molecule has 96 valence electrons. The van der Waals surface area contributed by atoms with Crippen LogP contribution in [0.2, 0.25) is 0 Å². The minimum atomic E-state index is 0.655. The van der Waals surface area contributed by atoms with E-state index in [1.54, 1.807) is 0 Å². The van der Waals surface area contributed by atoms with Crippen molar-refractivity contribution >= 4 is 27.5 Å². The molecule has 0 aliphatic heterocycles. The fourth-order valence-corrected chi connectivity index (χ4v) is 2.52. The highest BCUT2D eigenvalue weighted by Crippen LogP contribution is 2.25. The smallest absolute Gasteiger partial charge is 0.110 e. The Morgan fingerprint density at radius 3 is 2.67 bits per heavy atom. The lowest BCUT2D eigenvalue weighted by Crippen LogP contribution is -2.18. The fourth-order valence-electron chi connectivity index (χ4n) is 1.63. The molecule has 0 aliphatic rings. The maximum absolute atomic E-state index is 4.23. The molecular formula is C13H16BrN3S. The summed E-state index contributed by atoms with van der Waals surface area (Å²) in [5, 5.41) is 7.66. The number of aromatic nitrogens is 2. The van der Waals surface area contributed by atoms with Crippen molar-refractivity contribution in [1.29, 1.82) is 0 Å². The highest BCUT2D eigenvalue weighted by atomic mass is 79.9. The Hall–Kier alpha value is -0.780. The molecule has 2 aromatic rings. The second kappa shape index (κ2) is 6.41. The number of halogens is 1. The molecule has 0 spiro atoms. The lowest BCUT2D eigenvalue weighted by Gasteiger charge is -2.06. The summed E-state index contributed by atoms with van der Waals surface area (Å²) in [5.74, 6) is 0.655.